The standard InChI is InChI=1S/C13H25NO4/c1-3-17-9-10-18-11-13(16)14-8-6-4-5-7-12(2)15/h3-11H2,1-2H3,(H,14,16). The molecule has 0 saturated heterocycles. The topological polar surface area (TPSA) is 64.6 Å². The lowest BCUT2D eigenvalue weighted by molar-refractivity contribution is -0.126. The molecule has 0 aromatic heterocycles. The second-order valence-corrected chi connectivity index (χ2v) is 4.11. The highest BCUT2D eigenvalue weighted by molar-refractivity contribution is 5.77. The first kappa shape index (κ1) is 17.1. The molecule has 0 aliphatic carbocycles. The Morgan fingerprint density at radius 3 is 2.44 bits per heavy atom. The Bertz CT molecular complexity index is 231. The van der Waals surface area contributed by atoms with Crippen LogP contribution in [0.3, 0.4) is 0 Å². The summed E-state index contributed by atoms with van der Waals surface area (Å²) < 4.78 is 10.2. The van der Waals surface area contributed by atoms with Crippen molar-refractivity contribution >= 4 is 11.7 Å². The molecule has 5 nitrogen and oxygen atoms in total. The maximum atomic E-state index is 11.3. The van der Waals surface area contributed by atoms with Crippen LogP contribution in [0.5, 0.6) is 0 Å². The Hall–Kier alpha value is -0.940. The number of amides is 1. The normalized spacial score (nSPS) is 10.3. The molecule has 18 heavy (non-hydrogen) atoms. The number of hydrogen-bond donors (Lipinski definition) is 1. The molecule has 0 saturated carbocycles. The lowest BCUT2D eigenvalue weighted by atomic mass is 10.1. The number of ketones is 1. The van der Waals surface area contributed by atoms with Gasteiger partial charge in [0.05, 0.1) is 13.2 Å². The molecular weight excluding hydrogens is 234 g/mol. The molecule has 0 radical (unpaired) electrons. The van der Waals surface area contributed by atoms with E-state index in [0.717, 1.165) is 19.3 Å². The molecule has 0 heterocycles. The predicted octanol–water partition coefficient (Wildman–Crippen LogP) is 1.31. The smallest absolute Gasteiger partial charge is 0.245 e. The zero-order valence-corrected chi connectivity index (χ0v) is 11.5. The van der Waals surface area contributed by atoms with Crippen LogP contribution in [0.2, 0.25) is 0 Å². The van der Waals surface area contributed by atoms with Crippen molar-refractivity contribution in [3.05, 3.63) is 0 Å². The molecule has 0 unspecified atom stereocenters. The van der Waals surface area contributed by atoms with Gasteiger partial charge in [-0.1, -0.05) is 6.42 Å². The molecule has 1 amide bonds. The van der Waals surface area contributed by atoms with Gasteiger partial charge in [0.2, 0.25) is 5.91 Å². The summed E-state index contributed by atoms with van der Waals surface area (Å²) in [5, 5.41) is 2.77. The first-order valence-electron chi connectivity index (χ1n) is 6.58. The fraction of sp³-hybridized carbons (Fsp3) is 0.846. The Balaban J connectivity index is 3.19. The molecule has 0 aliphatic rings. The van der Waals surface area contributed by atoms with Crippen LogP contribution in [0.1, 0.15) is 39.5 Å². The maximum absolute atomic E-state index is 11.3. The first-order chi connectivity index (χ1) is 8.66. The van der Waals surface area contributed by atoms with E-state index in [1.807, 2.05) is 6.92 Å². The Morgan fingerprint density at radius 2 is 1.78 bits per heavy atom. The van der Waals surface area contributed by atoms with E-state index < -0.39 is 0 Å². The predicted molar refractivity (Wildman–Crippen MR) is 69.5 cm³/mol. The zero-order chi connectivity index (χ0) is 13.6. The molecule has 0 fully saturated rings. The number of carbonyl (C=O) groups is 2. The Labute approximate surface area is 109 Å². The second-order valence-electron chi connectivity index (χ2n) is 4.11. The first-order valence-corrected chi connectivity index (χ1v) is 6.58. The minimum absolute atomic E-state index is 0.0838. The third kappa shape index (κ3) is 13.1. The second kappa shape index (κ2) is 12.5. The lowest BCUT2D eigenvalue weighted by Crippen LogP contribution is -2.29. The van der Waals surface area contributed by atoms with Crippen LogP contribution in [0.25, 0.3) is 0 Å². The van der Waals surface area contributed by atoms with Crippen LogP contribution >= 0.6 is 0 Å². The number of hydrogen-bond acceptors (Lipinski definition) is 4. The molecule has 0 aromatic rings. The molecule has 0 aliphatic heterocycles. The van der Waals surface area contributed by atoms with Gasteiger partial charge in [0.1, 0.15) is 12.4 Å². The van der Waals surface area contributed by atoms with Gasteiger partial charge in [0, 0.05) is 19.6 Å². The number of rotatable bonds is 12. The van der Waals surface area contributed by atoms with E-state index in [-0.39, 0.29) is 18.3 Å². The monoisotopic (exact) mass is 259 g/mol. The summed E-state index contributed by atoms with van der Waals surface area (Å²) in [6.45, 7) is 5.87. The van der Waals surface area contributed by atoms with Gasteiger partial charge in [-0.15, -0.1) is 0 Å². The van der Waals surface area contributed by atoms with Crippen LogP contribution in [0, 0.1) is 0 Å². The van der Waals surface area contributed by atoms with Gasteiger partial charge < -0.3 is 19.6 Å². The van der Waals surface area contributed by atoms with Gasteiger partial charge in [-0.25, -0.2) is 0 Å². The molecule has 0 spiro atoms. The number of Topliss-reactive ketones (excluding diaryl/α,β-unsaturated/α-hetero) is 1. The third-order valence-electron chi connectivity index (χ3n) is 2.34. The fourth-order valence-corrected chi connectivity index (χ4v) is 1.38. The molecule has 0 atom stereocenters. The van der Waals surface area contributed by atoms with Crippen LogP contribution in [0.4, 0.5) is 0 Å². The summed E-state index contributed by atoms with van der Waals surface area (Å²) in [4.78, 5) is 22.0. The van der Waals surface area contributed by atoms with Crippen molar-refractivity contribution in [1.82, 2.24) is 5.32 Å². The van der Waals surface area contributed by atoms with Crippen molar-refractivity contribution in [3.63, 3.8) is 0 Å². The van der Waals surface area contributed by atoms with Gasteiger partial charge in [-0.3, -0.25) is 4.79 Å². The summed E-state index contributed by atoms with van der Waals surface area (Å²) in [5.74, 6) is 0.125. The van der Waals surface area contributed by atoms with Crippen molar-refractivity contribution in [3.8, 4) is 0 Å². The average molecular weight is 259 g/mol. The van der Waals surface area contributed by atoms with Crippen LogP contribution in [-0.2, 0) is 19.1 Å². The quantitative estimate of drug-likeness (QED) is 0.537. The van der Waals surface area contributed by atoms with E-state index in [2.05, 4.69) is 5.32 Å². The third-order valence-corrected chi connectivity index (χ3v) is 2.34. The van der Waals surface area contributed by atoms with Crippen molar-refractivity contribution in [2.75, 3.05) is 33.0 Å². The highest BCUT2D eigenvalue weighted by Crippen LogP contribution is 1.99. The van der Waals surface area contributed by atoms with E-state index in [1.54, 1.807) is 6.92 Å². The molecule has 0 rings (SSSR count). The SMILES string of the molecule is CCOCCOCC(=O)NCCCCCC(C)=O. The van der Waals surface area contributed by atoms with Gasteiger partial charge in [0.25, 0.3) is 0 Å². The van der Waals surface area contributed by atoms with Crippen molar-refractivity contribution < 1.29 is 19.1 Å². The lowest BCUT2D eigenvalue weighted by Gasteiger charge is -2.06. The fourth-order valence-electron chi connectivity index (χ4n) is 1.38. The zero-order valence-electron chi connectivity index (χ0n) is 11.5. The summed E-state index contributed by atoms with van der Waals surface area (Å²) in [7, 11) is 0. The van der Waals surface area contributed by atoms with E-state index >= 15 is 0 Å². The van der Waals surface area contributed by atoms with Crippen LogP contribution in [-0.4, -0.2) is 44.7 Å². The summed E-state index contributed by atoms with van der Waals surface area (Å²) in [6, 6.07) is 0. The van der Waals surface area contributed by atoms with Crippen molar-refractivity contribution in [2.24, 2.45) is 0 Å². The Morgan fingerprint density at radius 1 is 1.06 bits per heavy atom. The number of unbranched alkanes of at least 4 members (excludes halogenated alkanes) is 2. The minimum atomic E-state index is -0.0990. The highest BCUT2D eigenvalue weighted by Gasteiger charge is 2.00. The van der Waals surface area contributed by atoms with E-state index in [9.17, 15) is 9.59 Å². The molecule has 1 N–H and O–H groups in total. The highest BCUT2D eigenvalue weighted by atomic mass is 16.5. The summed E-state index contributed by atoms with van der Waals surface area (Å²) in [6.07, 6.45) is 3.40. The van der Waals surface area contributed by atoms with Crippen molar-refractivity contribution in [2.45, 2.75) is 39.5 Å². The average Bonchev–Trinajstić information content (AvgIpc) is 2.33. The molecule has 5 heteroatoms. The molecule has 0 bridgehead atoms. The molecule has 106 valence electrons. The largest absolute Gasteiger partial charge is 0.379 e. The van der Waals surface area contributed by atoms with Crippen molar-refractivity contribution in [1.29, 1.82) is 0 Å². The maximum Gasteiger partial charge on any atom is 0.245 e. The van der Waals surface area contributed by atoms with Gasteiger partial charge >= 0.3 is 0 Å². The van der Waals surface area contributed by atoms with E-state index in [1.165, 1.54) is 0 Å². The summed E-state index contributed by atoms with van der Waals surface area (Å²) >= 11 is 0. The van der Waals surface area contributed by atoms with E-state index in [0.29, 0.717) is 32.8 Å². The minimum Gasteiger partial charge on any atom is -0.379 e. The molecule has 0 aromatic carbocycles. The number of nitrogens with one attached hydrogen (secondary N) is 1. The van der Waals surface area contributed by atoms with Gasteiger partial charge in [-0.05, 0) is 26.7 Å². The van der Waals surface area contributed by atoms with Gasteiger partial charge in [0.15, 0.2) is 0 Å². The number of ether oxygens (including phenoxy) is 2. The molecular formula is C13H25NO4. The van der Waals surface area contributed by atoms with E-state index in [4.69, 9.17) is 9.47 Å². The Kier molecular flexibility index (Phi) is 11.9. The van der Waals surface area contributed by atoms with Crippen LogP contribution < -0.4 is 5.32 Å². The van der Waals surface area contributed by atoms with Gasteiger partial charge in [-0.2, -0.15) is 0 Å². The number of carbonyl (C=O) groups excluding carboxylic acids is 2. The van der Waals surface area contributed by atoms with Crippen LogP contribution in [0.15, 0.2) is 0 Å². The summed E-state index contributed by atoms with van der Waals surface area (Å²) in [5.41, 5.74) is 0.